The summed E-state index contributed by atoms with van der Waals surface area (Å²) in [7, 11) is 6.88. The molecule has 10 nitrogen and oxygen atoms in total. The van der Waals surface area contributed by atoms with Gasteiger partial charge in [-0.3, -0.25) is 9.69 Å². The van der Waals surface area contributed by atoms with Crippen molar-refractivity contribution in [2.75, 3.05) is 66.4 Å². The number of hydrogen-bond donors (Lipinski definition) is 2. The Hall–Kier alpha value is -3.63. The number of carbonyl (C=O) groups excluding carboxylic acids is 2. The Morgan fingerprint density at radius 2 is 1.68 bits per heavy atom. The lowest BCUT2D eigenvalue weighted by atomic mass is 9.94. The van der Waals surface area contributed by atoms with Crippen molar-refractivity contribution in [3.05, 3.63) is 53.1 Å². The van der Waals surface area contributed by atoms with Crippen molar-refractivity contribution >= 4 is 23.3 Å². The summed E-state index contributed by atoms with van der Waals surface area (Å²) in [6.07, 6.45) is 0.594. The van der Waals surface area contributed by atoms with Gasteiger partial charge in [-0.2, -0.15) is 5.10 Å². The molecule has 2 aliphatic heterocycles. The van der Waals surface area contributed by atoms with Crippen molar-refractivity contribution < 1.29 is 19.1 Å². The molecule has 1 atom stereocenters. The highest BCUT2D eigenvalue weighted by Crippen LogP contribution is 2.34. The highest BCUT2D eigenvalue weighted by Gasteiger charge is 2.28. The van der Waals surface area contributed by atoms with E-state index < -0.39 is 0 Å². The number of piperazine rings is 1. The number of nitrogens with one attached hydrogen (secondary N) is 2. The summed E-state index contributed by atoms with van der Waals surface area (Å²) in [6.45, 7) is 6.03. The van der Waals surface area contributed by atoms with Crippen LogP contribution >= 0.6 is 0 Å². The van der Waals surface area contributed by atoms with Crippen LogP contribution in [0.5, 0.6) is 11.5 Å². The molecule has 2 aliphatic rings. The number of nitrogens with zero attached hydrogens (tertiary/aromatic N) is 4. The molecule has 2 N–H and O–H groups in total. The van der Waals surface area contributed by atoms with Crippen LogP contribution in [0.4, 0.5) is 10.5 Å². The molecule has 0 bridgehead atoms. The van der Waals surface area contributed by atoms with Gasteiger partial charge in [-0.15, -0.1) is 0 Å². The minimum Gasteiger partial charge on any atom is -0.493 e. The molecule has 2 aromatic rings. The first-order valence-corrected chi connectivity index (χ1v) is 12.5. The average molecular weight is 509 g/mol. The predicted octanol–water partition coefficient (Wildman–Crippen LogP) is 2.23. The first kappa shape index (κ1) is 26.4. The third-order valence-corrected chi connectivity index (χ3v) is 6.83. The average Bonchev–Trinajstić information content (AvgIpc) is 3.04. The van der Waals surface area contributed by atoms with E-state index in [1.807, 2.05) is 43.3 Å². The Bertz CT molecular complexity index is 1160. The zero-order valence-corrected chi connectivity index (χ0v) is 22.2. The first-order valence-electron chi connectivity index (χ1n) is 12.5. The number of rotatable bonds is 6. The normalized spacial score (nSPS) is 18.4. The lowest BCUT2D eigenvalue weighted by Crippen LogP contribution is -2.47. The number of likely N-dealkylation sites (N-methyl/N-ethyl adjacent to an activating group) is 1. The summed E-state index contributed by atoms with van der Waals surface area (Å²) in [5.74, 6) is 1.17. The molecule has 0 aliphatic carbocycles. The lowest BCUT2D eigenvalue weighted by molar-refractivity contribution is -0.117. The number of hydrogen-bond acceptors (Lipinski definition) is 7. The number of fused-ring (bicyclic) bond motifs is 1. The van der Waals surface area contributed by atoms with Crippen LogP contribution < -0.4 is 20.1 Å². The lowest BCUT2D eigenvalue weighted by Gasteiger charge is -2.31. The summed E-state index contributed by atoms with van der Waals surface area (Å²) in [5, 5.41) is 11.9. The Balaban J connectivity index is 1.61. The second-order valence-corrected chi connectivity index (χ2v) is 9.47. The molecule has 4 rings (SSSR count). The molecular weight excluding hydrogens is 472 g/mol. The Morgan fingerprint density at radius 3 is 2.30 bits per heavy atom. The first-order chi connectivity index (χ1) is 17.8. The van der Waals surface area contributed by atoms with Gasteiger partial charge in [0.1, 0.15) is 0 Å². The molecule has 2 heterocycles. The fraction of sp³-hybridized carbons (Fsp3) is 0.444. The van der Waals surface area contributed by atoms with Crippen LogP contribution in [0.15, 0.2) is 41.5 Å². The van der Waals surface area contributed by atoms with Gasteiger partial charge in [0.25, 0.3) is 0 Å². The highest BCUT2D eigenvalue weighted by atomic mass is 16.5. The molecule has 198 valence electrons. The number of carbonyl (C=O) groups is 2. The van der Waals surface area contributed by atoms with E-state index in [1.54, 1.807) is 21.3 Å². The second-order valence-electron chi connectivity index (χ2n) is 9.47. The van der Waals surface area contributed by atoms with Gasteiger partial charge in [0.2, 0.25) is 5.91 Å². The third kappa shape index (κ3) is 6.03. The van der Waals surface area contributed by atoms with Crippen molar-refractivity contribution in [1.82, 2.24) is 20.1 Å². The zero-order chi connectivity index (χ0) is 26.5. The monoisotopic (exact) mass is 508 g/mol. The Kier molecular flexibility index (Phi) is 8.30. The van der Waals surface area contributed by atoms with Gasteiger partial charge < -0.3 is 25.0 Å². The fourth-order valence-corrected chi connectivity index (χ4v) is 4.67. The standard InChI is InChI=1S/C27H36N6O4/c1-18-14-20-15-23(36-4)24(37-5)16-22(20)26(30-33(18)27(35)28-2)19-6-8-21(9-7-19)29-25(34)17-32-12-10-31(3)11-13-32/h6-9,15-16,18H,10-14,17H2,1-5H3,(H,28,35)(H,29,34). The number of methoxy groups -OCH3 is 2. The van der Waals surface area contributed by atoms with E-state index in [9.17, 15) is 9.59 Å². The van der Waals surface area contributed by atoms with Gasteiger partial charge in [0, 0.05) is 50.0 Å². The van der Waals surface area contributed by atoms with Crippen LogP contribution in [0.1, 0.15) is 23.6 Å². The molecule has 10 heteroatoms. The molecule has 1 fully saturated rings. The molecule has 3 amide bonds. The van der Waals surface area contributed by atoms with E-state index in [1.165, 1.54) is 5.01 Å². The summed E-state index contributed by atoms with van der Waals surface area (Å²) in [5.41, 5.74) is 4.02. The second kappa shape index (κ2) is 11.6. The molecule has 1 unspecified atom stereocenters. The van der Waals surface area contributed by atoms with Crippen LogP contribution in [0, 0.1) is 0 Å². The van der Waals surface area contributed by atoms with Gasteiger partial charge in [0.15, 0.2) is 11.5 Å². The molecule has 2 aromatic carbocycles. The van der Waals surface area contributed by atoms with Crippen molar-refractivity contribution in [2.45, 2.75) is 19.4 Å². The van der Waals surface area contributed by atoms with E-state index in [-0.39, 0.29) is 18.0 Å². The summed E-state index contributed by atoms with van der Waals surface area (Å²) in [4.78, 5) is 29.7. The number of urea groups is 1. The number of ether oxygens (including phenoxy) is 2. The smallest absolute Gasteiger partial charge is 0.337 e. The maximum Gasteiger partial charge on any atom is 0.337 e. The van der Waals surface area contributed by atoms with Crippen molar-refractivity contribution in [3.8, 4) is 11.5 Å². The van der Waals surface area contributed by atoms with E-state index in [2.05, 4.69) is 27.5 Å². The molecule has 1 saturated heterocycles. The van der Waals surface area contributed by atoms with Gasteiger partial charge >= 0.3 is 6.03 Å². The summed E-state index contributed by atoms with van der Waals surface area (Å²) >= 11 is 0. The Morgan fingerprint density at radius 1 is 1.03 bits per heavy atom. The zero-order valence-electron chi connectivity index (χ0n) is 22.2. The van der Waals surface area contributed by atoms with Crippen LogP contribution in [0.25, 0.3) is 0 Å². The largest absolute Gasteiger partial charge is 0.493 e. The molecule has 0 aromatic heterocycles. The minimum absolute atomic E-state index is 0.0362. The summed E-state index contributed by atoms with van der Waals surface area (Å²) in [6, 6.07) is 10.9. The molecule has 0 spiro atoms. The number of anilines is 1. The fourth-order valence-electron chi connectivity index (χ4n) is 4.67. The minimum atomic E-state index is -0.287. The maximum absolute atomic E-state index is 12.7. The van der Waals surface area contributed by atoms with Crippen molar-refractivity contribution in [3.63, 3.8) is 0 Å². The van der Waals surface area contributed by atoms with Crippen LogP contribution in [-0.4, -0.2) is 99.5 Å². The molecule has 37 heavy (non-hydrogen) atoms. The number of hydrazone groups is 1. The highest BCUT2D eigenvalue weighted by molar-refractivity contribution is 6.14. The van der Waals surface area contributed by atoms with Gasteiger partial charge in [0.05, 0.1) is 32.5 Å². The third-order valence-electron chi connectivity index (χ3n) is 6.83. The predicted molar refractivity (Wildman–Crippen MR) is 144 cm³/mol. The molecule has 0 radical (unpaired) electrons. The van der Waals surface area contributed by atoms with Gasteiger partial charge in [-0.1, -0.05) is 12.1 Å². The van der Waals surface area contributed by atoms with Crippen LogP contribution in [0.3, 0.4) is 0 Å². The molecular formula is C27H36N6O4. The number of amides is 3. The maximum atomic E-state index is 12.7. The number of benzene rings is 2. The quantitative estimate of drug-likeness (QED) is 0.621. The van der Waals surface area contributed by atoms with E-state index in [0.717, 1.165) is 42.9 Å². The van der Waals surface area contributed by atoms with E-state index in [0.29, 0.717) is 35.9 Å². The van der Waals surface area contributed by atoms with Gasteiger partial charge in [-0.05, 0) is 50.2 Å². The van der Waals surface area contributed by atoms with Crippen LogP contribution in [0.2, 0.25) is 0 Å². The molecule has 0 saturated carbocycles. The van der Waals surface area contributed by atoms with E-state index in [4.69, 9.17) is 14.6 Å². The SMILES string of the molecule is CNC(=O)N1N=C(c2ccc(NC(=O)CN3CCN(C)CC3)cc2)c2cc(OC)c(OC)cc2CC1C. The van der Waals surface area contributed by atoms with Crippen molar-refractivity contribution in [2.24, 2.45) is 5.10 Å². The van der Waals surface area contributed by atoms with Crippen LogP contribution in [-0.2, 0) is 11.2 Å². The van der Waals surface area contributed by atoms with E-state index >= 15 is 0 Å². The van der Waals surface area contributed by atoms with Gasteiger partial charge in [-0.25, -0.2) is 9.80 Å². The van der Waals surface area contributed by atoms with Crippen molar-refractivity contribution in [1.29, 1.82) is 0 Å². The topological polar surface area (TPSA) is 98.7 Å². The summed E-state index contributed by atoms with van der Waals surface area (Å²) < 4.78 is 11.1. The Labute approximate surface area is 218 Å².